The summed E-state index contributed by atoms with van der Waals surface area (Å²) in [6, 6.07) is 9.91. The molecule has 0 aliphatic carbocycles. The minimum atomic E-state index is 0.0938. The number of nitrogens with one attached hydrogen (secondary N) is 1. The zero-order chi connectivity index (χ0) is 12.4. The van der Waals surface area contributed by atoms with Gasteiger partial charge in [-0.1, -0.05) is 6.07 Å². The Balaban J connectivity index is 2.21. The number of rotatable bonds is 3. The Morgan fingerprint density at radius 1 is 1.06 bits per heavy atom. The molecule has 0 bridgehead atoms. The van der Waals surface area contributed by atoms with Crippen LogP contribution in [0.1, 0.15) is 18.7 Å². The third kappa shape index (κ3) is 3.14. The van der Waals surface area contributed by atoms with Crippen molar-refractivity contribution in [3.63, 3.8) is 0 Å². The van der Waals surface area contributed by atoms with Gasteiger partial charge in [0.15, 0.2) is 4.67 Å². The molecule has 0 saturated carbocycles. The average Bonchev–Trinajstić information content (AvgIpc) is 2.70. The molecule has 0 aliphatic heterocycles. The molecule has 0 fully saturated rings. The molecule has 0 amide bonds. The lowest BCUT2D eigenvalue weighted by Gasteiger charge is -2.15. The summed E-state index contributed by atoms with van der Waals surface area (Å²) in [6.45, 7) is 2.05. The lowest BCUT2D eigenvalue weighted by Crippen LogP contribution is -2.06. The normalized spacial score (nSPS) is 12.5. The zero-order valence-corrected chi connectivity index (χ0v) is 13.8. The molecule has 2 rings (SSSR count). The predicted octanol–water partition coefficient (Wildman–Crippen LogP) is 5.74. The number of para-hydroxylation sites is 1. The molecule has 0 saturated heterocycles. The van der Waals surface area contributed by atoms with E-state index in [4.69, 9.17) is 4.42 Å². The molecule has 1 atom stereocenters. The topological polar surface area (TPSA) is 25.2 Å². The highest BCUT2D eigenvalue weighted by Crippen LogP contribution is 2.33. The first-order valence-corrected chi connectivity index (χ1v) is 7.41. The quantitative estimate of drug-likeness (QED) is 0.680. The summed E-state index contributed by atoms with van der Waals surface area (Å²) in [5, 5.41) is 3.40. The molecule has 1 aromatic carbocycles. The molecule has 1 heterocycles. The van der Waals surface area contributed by atoms with Crippen molar-refractivity contribution in [2.75, 3.05) is 5.32 Å². The maximum atomic E-state index is 5.52. The zero-order valence-electron chi connectivity index (χ0n) is 9.01. The number of furan rings is 1. The van der Waals surface area contributed by atoms with Crippen molar-refractivity contribution >= 4 is 53.5 Å². The van der Waals surface area contributed by atoms with Crippen LogP contribution >= 0.6 is 47.8 Å². The molecule has 2 aromatic rings. The molecule has 0 spiro atoms. The van der Waals surface area contributed by atoms with Crippen LogP contribution in [0.3, 0.4) is 0 Å². The number of anilines is 1. The Kier molecular flexibility index (Phi) is 4.33. The molecule has 1 aromatic heterocycles. The molecule has 5 heteroatoms. The molecule has 17 heavy (non-hydrogen) atoms. The summed E-state index contributed by atoms with van der Waals surface area (Å²) in [4.78, 5) is 0. The van der Waals surface area contributed by atoms with Gasteiger partial charge in [0.05, 0.1) is 11.7 Å². The van der Waals surface area contributed by atoms with Gasteiger partial charge in [0.1, 0.15) is 5.76 Å². The van der Waals surface area contributed by atoms with Gasteiger partial charge in [-0.25, -0.2) is 0 Å². The Bertz CT molecular complexity index is 504. The number of hydrogen-bond acceptors (Lipinski definition) is 2. The van der Waals surface area contributed by atoms with Crippen LogP contribution in [0.5, 0.6) is 0 Å². The molecule has 2 nitrogen and oxygen atoms in total. The van der Waals surface area contributed by atoms with E-state index in [1.54, 1.807) is 0 Å². The first-order valence-electron chi connectivity index (χ1n) is 5.03. The van der Waals surface area contributed by atoms with Gasteiger partial charge in [-0.2, -0.15) is 0 Å². The van der Waals surface area contributed by atoms with E-state index >= 15 is 0 Å². The van der Waals surface area contributed by atoms with Crippen LogP contribution < -0.4 is 5.32 Å². The Hall–Kier alpha value is -0.260. The van der Waals surface area contributed by atoms with Crippen LogP contribution in [0.2, 0.25) is 0 Å². The molecule has 1 unspecified atom stereocenters. The minimum Gasteiger partial charge on any atom is -0.452 e. The summed E-state index contributed by atoms with van der Waals surface area (Å²) in [5.41, 5.74) is 1.02. The van der Waals surface area contributed by atoms with Crippen molar-refractivity contribution in [1.29, 1.82) is 0 Å². The van der Waals surface area contributed by atoms with Crippen molar-refractivity contribution < 1.29 is 4.42 Å². The summed E-state index contributed by atoms with van der Waals surface area (Å²) in [6.07, 6.45) is 0. The van der Waals surface area contributed by atoms with E-state index in [-0.39, 0.29) is 6.04 Å². The van der Waals surface area contributed by atoms with E-state index in [1.807, 2.05) is 30.3 Å². The highest BCUT2D eigenvalue weighted by Gasteiger charge is 2.12. The van der Waals surface area contributed by atoms with Gasteiger partial charge in [0.2, 0.25) is 0 Å². The second-order valence-corrected chi connectivity index (χ2v) is 6.09. The highest BCUT2D eigenvalue weighted by molar-refractivity contribution is 9.11. The fraction of sp³-hybridized carbons (Fsp3) is 0.167. The van der Waals surface area contributed by atoms with Gasteiger partial charge in [-0.05, 0) is 79.0 Å². The molecular formula is C12H10Br3NO. The third-order valence-corrected chi connectivity index (χ3v) is 4.09. The summed E-state index contributed by atoms with van der Waals surface area (Å²) >= 11 is 10.3. The van der Waals surface area contributed by atoms with Crippen LogP contribution in [-0.4, -0.2) is 0 Å². The van der Waals surface area contributed by atoms with Crippen molar-refractivity contribution in [3.05, 3.63) is 49.7 Å². The van der Waals surface area contributed by atoms with Gasteiger partial charge in [0.25, 0.3) is 0 Å². The van der Waals surface area contributed by atoms with E-state index in [0.29, 0.717) is 0 Å². The standard InChI is InChI=1S/C12H10Br3NO/c1-7(10-5-6-11(15)17-10)16-12-8(13)3-2-4-9(12)14/h2-7,16H,1H3. The van der Waals surface area contributed by atoms with Crippen LogP contribution in [0.25, 0.3) is 0 Å². The second-order valence-electron chi connectivity index (χ2n) is 3.60. The largest absolute Gasteiger partial charge is 0.452 e. The SMILES string of the molecule is CC(Nc1c(Br)cccc1Br)c1ccc(Br)o1. The number of benzene rings is 1. The van der Waals surface area contributed by atoms with Crippen LogP contribution in [0.4, 0.5) is 5.69 Å². The van der Waals surface area contributed by atoms with Gasteiger partial charge < -0.3 is 9.73 Å². The van der Waals surface area contributed by atoms with E-state index in [2.05, 4.69) is 60.0 Å². The molecular weight excluding hydrogens is 414 g/mol. The average molecular weight is 424 g/mol. The Morgan fingerprint density at radius 2 is 1.71 bits per heavy atom. The van der Waals surface area contributed by atoms with Gasteiger partial charge in [-0.15, -0.1) is 0 Å². The molecule has 1 N–H and O–H groups in total. The third-order valence-electron chi connectivity index (χ3n) is 2.34. The maximum Gasteiger partial charge on any atom is 0.169 e. The van der Waals surface area contributed by atoms with Crippen LogP contribution in [0, 0.1) is 0 Å². The molecule has 0 aliphatic rings. The van der Waals surface area contributed by atoms with E-state index in [1.165, 1.54) is 0 Å². The first kappa shape index (κ1) is 13.2. The predicted molar refractivity (Wildman–Crippen MR) is 80.3 cm³/mol. The maximum absolute atomic E-state index is 5.52. The summed E-state index contributed by atoms with van der Waals surface area (Å²) in [5.74, 6) is 0.888. The number of hydrogen-bond donors (Lipinski definition) is 1. The smallest absolute Gasteiger partial charge is 0.169 e. The van der Waals surface area contributed by atoms with Crippen LogP contribution in [-0.2, 0) is 0 Å². The monoisotopic (exact) mass is 421 g/mol. The van der Waals surface area contributed by atoms with Crippen molar-refractivity contribution in [3.8, 4) is 0 Å². The lowest BCUT2D eigenvalue weighted by molar-refractivity contribution is 0.471. The van der Waals surface area contributed by atoms with Gasteiger partial charge >= 0.3 is 0 Å². The Morgan fingerprint density at radius 3 is 2.24 bits per heavy atom. The van der Waals surface area contributed by atoms with E-state index < -0.39 is 0 Å². The Labute approximate surface area is 125 Å². The van der Waals surface area contributed by atoms with E-state index in [0.717, 1.165) is 25.1 Å². The number of halogens is 3. The van der Waals surface area contributed by atoms with E-state index in [9.17, 15) is 0 Å². The molecule has 0 radical (unpaired) electrons. The summed E-state index contributed by atoms with van der Waals surface area (Å²) < 4.78 is 8.30. The summed E-state index contributed by atoms with van der Waals surface area (Å²) in [7, 11) is 0. The first-order chi connectivity index (χ1) is 8.08. The van der Waals surface area contributed by atoms with Gasteiger partial charge in [0, 0.05) is 8.95 Å². The fourth-order valence-corrected chi connectivity index (χ4v) is 3.03. The van der Waals surface area contributed by atoms with Crippen molar-refractivity contribution in [2.24, 2.45) is 0 Å². The van der Waals surface area contributed by atoms with Crippen LogP contribution in [0.15, 0.2) is 48.4 Å². The van der Waals surface area contributed by atoms with Crippen molar-refractivity contribution in [1.82, 2.24) is 0 Å². The molecule has 90 valence electrons. The van der Waals surface area contributed by atoms with Crippen molar-refractivity contribution in [2.45, 2.75) is 13.0 Å². The highest BCUT2D eigenvalue weighted by atomic mass is 79.9. The lowest BCUT2D eigenvalue weighted by atomic mass is 10.2. The van der Waals surface area contributed by atoms with Gasteiger partial charge in [-0.3, -0.25) is 0 Å². The fourth-order valence-electron chi connectivity index (χ4n) is 1.48. The second kappa shape index (κ2) is 5.59. The minimum absolute atomic E-state index is 0.0938.